The summed E-state index contributed by atoms with van der Waals surface area (Å²) in [5.74, 6) is 2.73. The first kappa shape index (κ1) is 22.9. The fraction of sp³-hybridized carbons (Fsp3) is 0.269. The molecule has 0 spiro atoms. The van der Waals surface area contributed by atoms with Gasteiger partial charge in [0.05, 0.1) is 26.1 Å². The molecule has 0 saturated carbocycles. The van der Waals surface area contributed by atoms with Crippen molar-refractivity contribution in [1.29, 1.82) is 0 Å². The van der Waals surface area contributed by atoms with Crippen molar-refractivity contribution in [2.45, 2.75) is 37.6 Å². The van der Waals surface area contributed by atoms with E-state index in [-0.39, 0.29) is 23.6 Å². The van der Waals surface area contributed by atoms with Crippen molar-refractivity contribution in [3.8, 4) is 12.3 Å². The number of anilines is 1. The Morgan fingerprint density at radius 1 is 1.09 bits per heavy atom. The first-order chi connectivity index (χ1) is 17.1. The molecule has 0 amide bonds. The van der Waals surface area contributed by atoms with Crippen LogP contribution in [0.4, 0.5) is 10.2 Å². The van der Waals surface area contributed by atoms with Crippen molar-refractivity contribution in [2.75, 3.05) is 12.3 Å². The van der Waals surface area contributed by atoms with Gasteiger partial charge in [-0.25, -0.2) is 4.98 Å². The number of hydrogen-bond donors (Lipinski definition) is 1. The summed E-state index contributed by atoms with van der Waals surface area (Å²) in [7, 11) is 0. The molecule has 4 aromatic rings. The minimum atomic E-state index is -1.18. The average Bonchev–Trinajstić information content (AvgIpc) is 3.46. The largest absolute Gasteiger partial charge is 0.382 e. The number of terminal acetylenes is 1. The average molecular weight is 474 g/mol. The lowest BCUT2D eigenvalue weighted by Crippen LogP contribution is -2.44. The van der Waals surface area contributed by atoms with Gasteiger partial charge < -0.3 is 19.9 Å². The standard InChI is InChI=1S/C26H24FN5O3/c1-2-26(16-33-14-18-9-5-3-6-10-18)20(34-15-19-11-7-4-8-12-19)13-21(35-26)32-17-29-22-23(28)30-25(27)31-24(22)32/h1,3-12,17,20-21H,13-16H2,(H2,28,30,31)/t20-,21+,26+/m0/s1. The first-order valence-corrected chi connectivity index (χ1v) is 11.2. The molecule has 3 atom stereocenters. The first-order valence-electron chi connectivity index (χ1n) is 11.2. The Morgan fingerprint density at radius 3 is 2.46 bits per heavy atom. The van der Waals surface area contributed by atoms with E-state index in [0.717, 1.165) is 11.1 Å². The van der Waals surface area contributed by atoms with Gasteiger partial charge >= 0.3 is 6.08 Å². The lowest BCUT2D eigenvalue weighted by molar-refractivity contribution is -0.123. The molecule has 5 rings (SSSR count). The van der Waals surface area contributed by atoms with E-state index in [9.17, 15) is 4.39 Å². The Kier molecular flexibility index (Phi) is 6.42. The van der Waals surface area contributed by atoms with Gasteiger partial charge in [-0.2, -0.15) is 14.4 Å². The van der Waals surface area contributed by atoms with E-state index in [4.69, 9.17) is 26.4 Å². The molecule has 1 fully saturated rings. The smallest absolute Gasteiger partial charge is 0.312 e. The number of halogens is 1. The second kappa shape index (κ2) is 9.80. The lowest BCUT2D eigenvalue weighted by atomic mass is 9.98. The van der Waals surface area contributed by atoms with Crippen molar-refractivity contribution >= 4 is 17.0 Å². The molecule has 0 unspecified atom stereocenters. The van der Waals surface area contributed by atoms with Crippen molar-refractivity contribution in [1.82, 2.24) is 19.5 Å². The van der Waals surface area contributed by atoms with Gasteiger partial charge in [-0.15, -0.1) is 6.42 Å². The van der Waals surface area contributed by atoms with Gasteiger partial charge in [-0.1, -0.05) is 66.6 Å². The van der Waals surface area contributed by atoms with Gasteiger partial charge in [-0.05, 0) is 11.1 Å². The highest BCUT2D eigenvalue weighted by atomic mass is 19.1. The third-order valence-electron chi connectivity index (χ3n) is 5.98. The van der Waals surface area contributed by atoms with Crippen molar-refractivity contribution in [3.05, 3.63) is 84.2 Å². The zero-order chi connectivity index (χ0) is 24.3. The molecular weight excluding hydrogens is 449 g/mol. The third kappa shape index (κ3) is 4.72. The van der Waals surface area contributed by atoms with Gasteiger partial charge in [-0.3, -0.25) is 4.57 Å². The maximum Gasteiger partial charge on any atom is 0.312 e. The van der Waals surface area contributed by atoms with Crippen LogP contribution in [0.5, 0.6) is 0 Å². The van der Waals surface area contributed by atoms with Gasteiger partial charge in [0.2, 0.25) is 0 Å². The van der Waals surface area contributed by atoms with Crippen molar-refractivity contribution in [3.63, 3.8) is 0 Å². The lowest BCUT2D eigenvalue weighted by Gasteiger charge is -2.29. The number of aromatic nitrogens is 4. The summed E-state index contributed by atoms with van der Waals surface area (Å²) in [5.41, 5.74) is 7.17. The summed E-state index contributed by atoms with van der Waals surface area (Å²) >= 11 is 0. The van der Waals surface area contributed by atoms with E-state index in [1.807, 2.05) is 60.7 Å². The van der Waals surface area contributed by atoms with Crippen LogP contribution < -0.4 is 5.73 Å². The second-order valence-electron chi connectivity index (χ2n) is 8.31. The molecule has 1 aliphatic heterocycles. The summed E-state index contributed by atoms with van der Waals surface area (Å²) in [6.07, 6.45) is 5.82. The molecule has 0 bridgehead atoms. The number of nitrogen functional groups attached to an aromatic ring is 1. The number of rotatable bonds is 8. The summed E-state index contributed by atoms with van der Waals surface area (Å²) in [6, 6.07) is 19.6. The maximum atomic E-state index is 13.9. The molecule has 2 aromatic carbocycles. The van der Waals surface area contributed by atoms with Gasteiger partial charge in [0, 0.05) is 6.42 Å². The molecule has 178 valence electrons. The Labute approximate surface area is 201 Å². The predicted octanol–water partition coefficient (Wildman–Crippen LogP) is 3.64. The topological polar surface area (TPSA) is 97.3 Å². The van der Waals surface area contributed by atoms with Crippen LogP contribution in [0.25, 0.3) is 11.2 Å². The fourth-order valence-corrected chi connectivity index (χ4v) is 4.20. The molecule has 1 saturated heterocycles. The molecule has 0 aliphatic carbocycles. The number of imidazole rings is 1. The molecule has 35 heavy (non-hydrogen) atoms. The number of hydrogen-bond acceptors (Lipinski definition) is 7. The Bertz CT molecular complexity index is 1340. The third-order valence-corrected chi connectivity index (χ3v) is 5.98. The number of ether oxygens (including phenoxy) is 3. The fourth-order valence-electron chi connectivity index (χ4n) is 4.20. The van der Waals surface area contributed by atoms with Gasteiger partial charge in [0.15, 0.2) is 22.6 Å². The molecule has 8 nitrogen and oxygen atoms in total. The van der Waals surface area contributed by atoms with Crippen LogP contribution in [0.2, 0.25) is 0 Å². The number of fused-ring (bicyclic) bond motifs is 1. The predicted molar refractivity (Wildman–Crippen MR) is 127 cm³/mol. The molecule has 1 aliphatic rings. The minimum Gasteiger partial charge on any atom is -0.382 e. The van der Waals surface area contributed by atoms with Crippen LogP contribution >= 0.6 is 0 Å². The van der Waals surface area contributed by atoms with Crippen LogP contribution in [0.15, 0.2) is 67.0 Å². The van der Waals surface area contributed by atoms with Crippen LogP contribution in [-0.2, 0) is 27.4 Å². The Morgan fingerprint density at radius 2 is 1.77 bits per heavy atom. The Balaban J connectivity index is 1.41. The van der Waals surface area contributed by atoms with Crippen LogP contribution in [0, 0.1) is 18.4 Å². The summed E-state index contributed by atoms with van der Waals surface area (Å²) in [4.78, 5) is 11.7. The molecule has 3 heterocycles. The minimum absolute atomic E-state index is 0.0458. The molecule has 0 radical (unpaired) electrons. The highest BCUT2D eigenvalue weighted by Crippen LogP contribution is 2.40. The van der Waals surface area contributed by atoms with E-state index in [1.165, 1.54) is 6.33 Å². The van der Waals surface area contributed by atoms with Crippen LogP contribution in [0.3, 0.4) is 0 Å². The van der Waals surface area contributed by atoms with E-state index < -0.39 is 24.0 Å². The molecule has 2 aromatic heterocycles. The highest BCUT2D eigenvalue weighted by Gasteiger charge is 2.50. The molecular formula is C26H24FN5O3. The van der Waals surface area contributed by atoms with Crippen LogP contribution in [0.1, 0.15) is 23.8 Å². The zero-order valence-electron chi connectivity index (χ0n) is 18.9. The maximum absolute atomic E-state index is 13.9. The summed E-state index contributed by atoms with van der Waals surface area (Å²) < 4.78 is 34.2. The molecule has 9 heteroatoms. The van der Waals surface area contributed by atoms with E-state index >= 15 is 0 Å². The van der Waals surface area contributed by atoms with E-state index in [1.54, 1.807) is 4.57 Å². The van der Waals surface area contributed by atoms with Crippen molar-refractivity contribution in [2.24, 2.45) is 0 Å². The van der Waals surface area contributed by atoms with Gasteiger partial charge in [0.1, 0.15) is 12.3 Å². The normalized spacial score (nSPS) is 21.8. The Hall–Kier alpha value is -3.84. The number of benzene rings is 2. The summed E-state index contributed by atoms with van der Waals surface area (Å²) in [6.45, 7) is 0.817. The number of nitrogens with two attached hydrogens (primary N) is 1. The van der Waals surface area contributed by atoms with Crippen molar-refractivity contribution < 1.29 is 18.6 Å². The van der Waals surface area contributed by atoms with Crippen LogP contribution in [-0.4, -0.2) is 37.8 Å². The molecule has 2 N–H and O–H groups in total. The SMILES string of the molecule is C#C[C@]1(COCc2ccccc2)O[C@@H](n2cnc3c(N)nc(F)nc32)C[C@@H]1OCc1ccccc1. The monoisotopic (exact) mass is 473 g/mol. The van der Waals surface area contributed by atoms with E-state index in [2.05, 4.69) is 20.9 Å². The second-order valence-corrected chi connectivity index (χ2v) is 8.31. The van der Waals surface area contributed by atoms with E-state index in [0.29, 0.717) is 19.6 Å². The quantitative estimate of drug-likeness (QED) is 0.308. The number of nitrogens with zero attached hydrogens (tertiary/aromatic N) is 4. The van der Waals surface area contributed by atoms with Gasteiger partial charge in [0.25, 0.3) is 0 Å². The highest BCUT2D eigenvalue weighted by molar-refractivity contribution is 5.81. The summed E-state index contributed by atoms with van der Waals surface area (Å²) in [5, 5.41) is 0. The zero-order valence-corrected chi connectivity index (χ0v) is 18.9.